The fourth-order valence-electron chi connectivity index (χ4n) is 9.92. The minimum atomic E-state index is -0.491. The molecule has 234 valence electrons. The van der Waals surface area contributed by atoms with Crippen LogP contribution in [0.4, 0.5) is 4.79 Å². The van der Waals surface area contributed by atoms with E-state index in [-0.39, 0.29) is 24.0 Å². The molecule has 2 amide bonds. The van der Waals surface area contributed by atoms with Crippen LogP contribution in [0.15, 0.2) is 24.2 Å². The van der Waals surface area contributed by atoms with Crippen LogP contribution in [0.25, 0.3) is 0 Å². The van der Waals surface area contributed by atoms with Gasteiger partial charge in [0, 0.05) is 31.3 Å². The molecule has 7 heteroatoms. The molecule has 42 heavy (non-hydrogen) atoms. The summed E-state index contributed by atoms with van der Waals surface area (Å²) in [6.45, 7) is 12.9. The fourth-order valence-corrected chi connectivity index (χ4v) is 9.92. The molecule has 1 heterocycles. The smallest absolute Gasteiger partial charge is 0.407 e. The van der Waals surface area contributed by atoms with Crippen molar-refractivity contribution < 1.29 is 14.3 Å². The molecule has 1 aromatic rings. The molecule has 5 rings (SSSR count). The molecule has 3 saturated carbocycles. The Morgan fingerprint density at radius 2 is 1.90 bits per heavy atom. The number of carbonyl (C=O) groups is 2. The molecule has 3 N–H and O–H groups in total. The maximum absolute atomic E-state index is 12.5. The molecule has 0 bridgehead atoms. The number of H-pyrrole nitrogens is 1. The zero-order valence-electron chi connectivity index (χ0n) is 26.8. The number of hydrogen-bond donors (Lipinski definition) is 3. The van der Waals surface area contributed by atoms with Crippen molar-refractivity contribution in [2.24, 2.45) is 46.3 Å². The highest BCUT2D eigenvalue weighted by Gasteiger charge is 2.59. The molecule has 0 saturated heterocycles. The van der Waals surface area contributed by atoms with Crippen molar-refractivity contribution in [1.82, 2.24) is 20.6 Å². The van der Waals surface area contributed by atoms with Gasteiger partial charge in [-0.3, -0.25) is 4.79 Å². The molecule has 0 unspecified atom stereocenters. The first-order valence-electron chi connectivity index (χ1n) is 17.0. The third kappa shape index (κ3) is 6.60. The summed E-state index contributed by atoms with van der Waals surface area (Å²) in [6.07, 6.45) is 19.7. The van der Waals surface area contributed by atoms with E-state index in [2.05, 4.69) is 61.3 Å². The Hall–Kier alpha value is -2.31. The second-order valence-electron chi connectivity index (χ2n) is 15.1. The van der Waals surface area contributed by atoms with Gasteiger partial charge in [-0.25, -0.2) is 9.78 Å². The van der Waals surface area contributed by atoms with Crippen LogP contribution < -0.4 is 10.6 Å². The number of aromatic nitrogens is 2. The average molecular weight is 581 g/mol. The summed E-state index contributed by atoms with van der Waals surface area (Å²) in [7, 11) is 0. The number of hydrogen-bond acceptors (Lipinski definition) is 4. The van der Waals surface area contributed by atoms with Crippen LogP contribution in [0.1, 0.15) is 111 Å². The van der Waals surface area contributed by atoms with Crippen molar-refractivity contribution in [3.8, 4) is 0 Å². The molecule has 8 atom stereocenters. The predicted octanol–water partition coefficient (Wildman–Crippen LogP) is 7.20. The fraction of sp³-hybridized carbons (Fsp3) is 0.800. The van der Waals surface area contributed by atoms with E-state index in [1.54, 1.807) is 12.5 Å². The van der Waals surface area contributed by atoms with Crippen LogP contribution in [0.3, 0.4) is 0 Å². The van der Waals surface area contributed by atoms with Crippen LogP contribution in [0.2, 0.25) is 0 Å². The third-order valence-corrected chi connectivity index (χ3v) is 12.2. The van der Waals surface area contributed by atoms with Gasteiger partial charge in [-0.2, -0.15) is 0 Å². The molecule has 0 radical (unpaired) electrons. The summed E-state index contributed by atoms with van der Waals surface area (Å²) < 4.78 is 5.82. The van der Waals surface area contributed by atoms with E-state index < -0.39 is 6.09 Å². The minimum Gasteiger partial charge on any atom is -0.446 e. The van der Waals surface area contributed by atoms with Crippen LogP contribution in [-0.4, -0.2) is 41.2 Å². The van der Waals surface area contributed by atoms with Crippen molar-refractivity contribution in [2.45, 2.75) is 118 Å². The zero-order valence-corrected chi connectivity index (χ0v) is 26.8. The van der Waals surface area contributed by atoms with Gasteiger partial charge >= 0.3 is 6.09 Å². The molecule has 4 aliphatic rings. The van der Waals surface area contributed by atoms with Crippen LogP contribution in [0.5, 0.6) is 0 Å². The Bertz CT molecular complexity index is 1100. The SMILES string of the molecule is CC(C)CCC[C@@H](C)[C@H]1CC[C@H]2[C@@H]3CC=C4C[C@@H](OC(=O)NCC(=O)NCCc5cnc[nH]5)CC[C@]4(C)[C@H]3CC[C@]12C. The number of ether oxygens (including phenoxy) is 1. The van der Waals surface area contributed by atoms with E-state index in [1.807, 2.05) is 0 Å². The summed E-state index contributed by atoms with van der Waals surface area (Å²) in [6, 6.07) is 0. The number of allylic oxidation sites excluding steroid dienone is 1. The van der Waals surface area contributed by atoms with E-state index in [9.17, 15) is 9.59 Å². The van der Waals surface area contributed by atoms with E-state index in [0.717, 1.165) is 60.5 Å². The van der Waals surface area contributed by atoms with Gasteiger partial charge in [0.15, 0.2) is 0 Å². The first-order valence-corrected chi connectivity index (χ1v) is 17.0. The Morgan fingerprint density at radius 3 is 2.67 bits per heavy atom. The predicted molar refractivity (Wildman–Crippen MR) is 167 cm³/mol. The van der Waals surface area contributed by atoms with Crippen molar-refractivity contribution >= 4 is 12.0 Å². The van der Waals surface area contributed by atoms with E-state index in [1.165, 1.54) is 56.9 Å². The van der Waals surface area contributed by atoms with Crippen molar-refractivity contribution in [3.63, 3.8) is 0 Å². The van der Waals surface area contributed by atoms with Gasteiger partial charge in [0.05, 0.1) is 12.9 Å². The highest BCUT2D eigenvalue weighted by Crippen LogP contribution is 2.67. The number of alkyl carbamates (subject to hydrolysis) is 1. The van der Waals surface area contributed by atoms with Crippen LogP contribution in [0, 0.1) is 46.3 Å². The van der Waals surface area contributed by atoms with Gasteiger partial charge in [0.25, 0.3) is 0 Å². The standard InChI is InChI=1S/C35H56N4O3/c1-23(2)7-6-8-24(3)29-11-12-30-28-10-9-25-19-27(13-16-34(25,4)31(28)14-17-35(29,30)5)42-33(41)38-21-32(40)37-18-15-26-20-36-22-39-26/h9,20,22-24,27-31H,6-8,10-19,21H2,1-5H3,(H,36,39)(H,37,40)(H,38,41)/t24-,27+,28+,29-,30+,31+,34+,35-/m1/s1. The quantitative estimate of drug-likeness (QED) is 0.241. The van der Waals surface area contributed by atoms with Gasteiger partial charge in [0.1, 0.15) is 6.10 Å². The number of nitrogens with one attached hydrogen (secondary N) is 3. The Kier molecular flexibility index (Phi) is 9.73. The number of carbonyl (C=O) groups excluding carboxylic acids is 2. The lowest BCUT2D eigenvalue weighted by molar-refractivity contribution is -0.120. The van der Waals surface area contributed by atoms with Crippen LogP contribution >= 0.6 is 0 Å². The maximum Gasteiger partial charge on any atom is 0.407 e. The average Bonchev–Trinajstić information content (AvgIpc) is 3.59. The van der Waals surface area contributed by atoms with Crippen LogP contribution in [-0.2, 0) is 16.0 Å². The largest absolute Gasteiger partial charge is 0.446 e. The lowest BCUT2D eigenvalue weighted by Gasteiger charge is -2.58. The lowest BCUT2D eigenvalue weighted by atomic mass is 9.47. The Morgan fingerprint density at radius 1 is 1.07 bits per heavy atom. The monoisotopic (exact) mass is 580 g/mol. The molecule has 0 spiro atoms. The number of rotatable bonds is 11. The number of aromatic amines is 1. The molecular formula is C35H56N4O3. The molecule has 4 aliphatic carbocycles. The summed E-state index contributed by atoms with van der Waals surface area (Å²) >= 11 is 0. The van der Waals surface area contributed by atoms with E-state index in [4.69, 9.17) is 4.74 Å². The second kappa shape index (κ2) is 13.1. The summed E-state index contributed by atoms with van der Waals surface area (Å²) in [5.41, 5.74) is 3.22. The van der Waals surface area contributed by atoms with E-state index in [0.29, 0.717) is 18.4 Å². The summed E-state index contributed by atoms with van der Waals surface area (Å²) in [5, 5.41) is 5.47. The van der Waals surface area contributed by atoms with Crippen molar-refractivity contribution in [2.75, 3.05) is 13.1 Å². The summed E-state index contributed by atoms with van der Waals surface area (Å²) in [4.78, 5) is 31.7. The van der Waals surface area contributed by atoms with Crippen molar-refractivity contribution in [3.05, 3.63) is 29.9 Å². The van der Waals surface area contributed by atoms with Gasteiger partial charge in [-0.1, -0.05) is 65.5 Å². The lowest BCUT2D eigenvalue weighted by Crippen LogP contribution is -2.51. The van der Waals surface area contributed by atoms with Gasteiger partial charge in [0.2, 0.25) is 5.91 Å². The van der Waals surface area contributed by atoms with Crippen molar-refractivity contribution in [1.29, 1.82) is 0 Å². The van der Waals surface area contributed by atoms with Gasteiger partial charge in [-0.05, 0) is 91.3 Å². The molecule has 7 nitrogen and oxygen atoms in total. The first kappa shape index (κ1) is 31.1. The molecule has 3 fully saturated rings. The number of fused-ring (bicyclic) bond motifs is 5. The first-order chi connectivity index (χ1) is 20.1. The Balaban J connectivity index is 1.11. The second-order valence-corrected chi connectivity index (χ2v) is 15.1. The number of amides is 2. The maximum atomic E-state index is 12.5. The Labute approximate surface area is 253 Å². The molecule has 0 aromatic carbocycles. The molecular weight excluding hydrogens is 524 g/mol. The number of nitrogens with zero attached hydrogens (tertiary/aromatic N) is 1. The number of imidazole rings is 1. The van der Waals surface area contributed by atoms with Gasteiger partial charge < -0.3 is 20.4 Å². The zero-order chi connectivity index (χ0) is 29.9. The van der Waals surface area contributed by atoms with E-state index >= 15 is 0 Å². The topological polar surface area (TPSA) is 96.1 Å². The highest BCUT2D eigenvalue weighted by molar-refractivity contribution is 5.82. The minimum absolute atomic E-state index is 0.0732. The highest BCUT2D eigenvalue weighted by atomic mass is 16.6. The normalized spacial score (nSPS) is 34.5. The van der Waals surface area contributed by atoms with Gasteiger partial charge in [-0.15, -0.1) is 0 Å². The summed E-state index contributed by atoms with van der Waals surface area (Å²) in [5.74, 6) is 4.74. The molecule has 0 aliphatic heterocycles. The molecule has 1 aromatic heterocycles. The third-order valence-electron chi connectivity index (χ3n) is 12.2.